The zero-order valence-electron chi connectivity index (χ0n) is 18.1. The summed E-state index contributed by atoms with van der Waals surface area (Å²) < 4.78 is 0. The van der Waals surface area contributed by atoms with Crippen molar-refractivity contribution in [1.82, 2.24) is 0 Å². The number of aliphatic hydroxyl groups is 1. The van der Waals surface area contributed by atoms with Crippen LogP contribution in [0.4, 0.5) is 0 Å². The Kier molecular flexibility index (Phi) is 7.76. The summed E-state index contributed by atoms with van der Waals surface area (Å²) in [5.74, 6) is 2.30. The van der Waals surface area contributed by atoms with Crippen molar-refractivity contribution in [2.24, 2.45) is 23.2 Å². The summed E-state index contributed by atoms with van der Waals surface area (Å²) >= 11 is 0. The van der Waals surface area contributed by atoms with E-state index in [2.05, 4.69) is 59.8 Å². The second kappa shape index (κ2) is 9.40. The summed E-state index contributed by atoms with van der Waals surface area (Å²) in [6.45, 7) is 14.0. The fraction of sp³-hybridized carbons (Fsp3) is 0.760. The van der Waals surface area contributed by atoms with Crippen LogP contribution in [0, 0.1) is 23.2 Å². The lowest BCUT2D eigenvalue weighted by molar-refractivity contribution is 0.167. The molecule has 1 heteroatoms. The monoisotopic (exact) mass is 358 g/mol. The van der Waals surface area contributed by atoms with Crippen molar-refractivity contribution in [3.8, 4) is 0 Å². The minimum Gasteiger partial charge on any atom is -0.389 e. The number of hydrogen-bond donors (Lipinski definition) is 1. The molecule has 0 aromatic heterocycles. The van der Waals surface area contributed by atoms with Crippen LogP contribution in [0.25, 0.3) is 0 Å². The first-order valence-corrected chi connectivity index (χ1v) is 10.9. The second-order valence-corrected chi connectivity index (χ2v) is 9.79. The Morgan fingerprint density at radius 1 is 1.00 bits per heavy atom. The van der Waals surface area contributed by atoms with E-state index in [0.29, 0.717) is 5.41 Å². The molecule has 26 heavy (non-hydrogen) atoms. The Morgan fingerprint density at radius 2 is 1.69 bits per heavy atom. The Hall–Kier alpha value is -0.820. The van der Waals surface area contributed by atoms with Gasteiger partial charge in [-0.15, -0.1) is 0 Å². The molecule has 0 aromatic rings. The first-order valence-electron chi connectivity index (χ1n) is 10.9. The third kappa shape index (κ3) is 5.59. The molecule has 2 rings (SSSR count). The molecule has 4 atom stereocenters. The number of hydrogen-bond acceptors (Lipinski definition) is 1. The van der Waals surface area contributed by atoms with Gasteiger partial charge in [0.05, 0.1) is 6.10 Å². The summed E-state index contributed by atoms with van der Waals surface area (Å²) in [5.41, 5.74) is 4.55. The van der Waals surface area contributed by atoms with Gasteiger partial charge in [0.1, 0.15) is 0 Å². The average Bonchev–Trinajstić information content (AvgIpc) is 2.92. The van der Waals surface area contributed by atoms with E-state index >= 15 is 0 Å². The van der Waals surface area contributed by atoms with Gasteiger partial charge in [-0.3, -0.25) is 0 Å². The summed E-state index contributed by atoms with van der Waals surface area (Å²) in [6, 6.07) is 0. The van der Waals surface area contributed by atoms with E-state index in [1.54, 1.807) is 5.57 Å². The van der Waals surface area contributed by atoms with Crippen molar-refractivity contribution in [3.05, 3.63) is 34.9 Å². The molecule has 0 saturated heterocycles. The number of allylic oxidation sites excluding steroid dienone is 5. The molecule has 2 aliphatic rings. The fourth-order valence-electron chi connectivity index (χ4n) is 5.11. The van der Waals surface area contributed by atoms with E-state index in [1.807, 2.05) is 0 Å². The van der Waals surface area contributed by atoms with Gasteiger partial charge < -0.3 is 5.11 Å². The zero-order chi connectivity index (χ0) is 19.3. The predicted octanol–water partition coefficient (Wildman–Crippen LogP) is 7.23. The van der Waals surface area contributed by atoms with Gasteiger partial charge in [0.25, 0.3) is 0 Å². The number of rotatable bonds is 1. The molecule has 1 fully saturated rings. The standard InChI is InChI=1S/C25H42O/c1-18(2)22-15-17-25(6)16-14-20(4)9-7-8-19(3)10-13-24(26)21(5)11-12-23(22)25/h8,11,14,18,22-24,26H,7,9-10,12-13,15-17H2,1-6H3/b19-8+,20-14+,21-11+/t22-,23?,24-,25+/m0/s1. The Bertz CT molecular complexity index is 551. The quantitative estimate of drug-likeness (QED) is 0.490. The lowest BCUT2D eigenvalue weighted by Crippen LogP contribution is -2.27. The highest BCUT2D eigenvalue weighted by Crippen LogP contribution is 2.53. The zero-order valence-corrected chi connectivity index (χ0v) is 18.1. The molecule has 148 valence electrons. The van der Waals surface area contributed by atoms with Gasteiger partial charge >= 0.3 is 0 Å². The molecule has 1 nitrogen and oxygen atoms in total. The second-order valence-electron chi connectivity index (χ2n) is 9.79. The smallest absolute Gasteiger partial charge is 0.0750 e. The van der Waals surface area contributed by atoms with E-state index < -0.39 is 0 Å². The molecule has 0 bridgehead atoms. The van der Waals surface area contributed by atoms with Crippen LogP contribution in [-0.2, 0) is 0 Å². The molecular formula is C25H42O. The average molecular weight is 359 g/mol. The van der Waals surface area contributed by atoms with E-state index in [-0.39, 0.29) is 6.10 Å². The molecular weight excluding hydrogens is 316 g/mol. The van der Waals surface area contributed by atoms with E-state index in [0.717, 1.165) is 43.4 Å². The molecule has 1 unspecified atom stereocenters. The summed E-state index contributed by atoms with van der Waals surface area (Å²) in [4.78, 5) is 0. The highest BCUT2D eigenvalue weighted by molar-refractivity contribution is 5.12. The van der Waals surface area contributed by atoms with E-state index in [1.165, 1.54) is 36.8 Å². The molecule has 0 heterocycles. The molecule has 1 saturated carbocycles. The summed E-state index contributed by atoms with van der Waals surface area (Å²) in [7, 11) is 0. The van der Waals surface area contributed by atoms with Crippen molar-refractivity contribution >= 4 is 0 Å². The Balaban J connectivity index is 2.28. The van der Waals surface area contributed by atoms with Crippen LogP contribution in [-0.4, -0.2) is 11.2 Å². The van der Waals surface area contributed by atoms with Crippen LogP contribution in [0.2, 0.25) is 0 Å². The van der Waals surface area contributed by atoms with Crippen LogP contribution in [0.1, 0.15) is 92.9 Å². The number of fused-ring (bicyclic) bond motifs is 1. The van der Waals surface area contributed by atoms with Crippen LogP contribution >= 0.6 is 0 Å². The van der Waals surface area contributed by atoms with Crippen molar-refractivity contribution in [1.29, 1.82) is 0 Å². The minimum atomic E-state index is -0.284. The van der Waals surface area contributed by atoms with Crippen LogP contribution in [0.3, 0.4) is 0 Å². The molecule has 0 radical (unpaired) electrons. The van der Waals surface area contributed by atoms with Crippen molar-refractivity contribution < 1.29 is 5.11 Å². The summed E-state index contributed by atoms with van der Waals surface area (Å²) in [5, 5.41) is 10.6. The van der Waals surface area contributed by atoms with Crippen LogP contribution in [0.15, 0.2) is 34.9 Å². The summed E-state index contributed by atoms with van der Waals surface area (Å²) in [6.07, 6.45) is 16.2. The maximum Gasteiger partial charge on any atom is 0.0750 e. The highest BCUT2D eigenvalue weighted by Gasteiger charge is 2.44. The molecule has 1 N–H and O–H groups in total. The van der Waals surface area contributed by atoms with E-state index in [9.17, 15) is 5.11 Å². The maximum atomic E-state index is 10.6. The lowest BCUT2D eigenvalue weighted by Gasteiger charge is -2.35. The first-order chi connectivity index (χ1) is 12.2. The number of aliphatic hydroxyl groups excluding tert-OH is 1. The molecule has 2 aliphatic carbocycles. The first kappa shape index (κ1) is 21.5. The third-order valence-electron chi connectivity index (χ3n) is 7.30. The van der Waals surface area contributed by atoms with Gasteiger partial charge in [-0.25, -0.2) is 0 Å². The van der Waals surface area contributed by atoms with Crippen LogP contribution in [0.5, 0.6) is 0 Å². The predicted molar refractivity (Wildman–Crippen MR) is 114 cm³/mol. The lowest BCUT2D eigenvalue weighted by atomic mass is 9.70. The minimum absolute atomic E-state index is 0.284. The van der Waals surface area contributed by atoms with Gasteiger partial charge in [0, 0.05) is 0 Å². The largest absolute Gasteiger partial charge is 0.389 e. The molecule has 0 amide bonds. The van der Waals surface area contributed by atoms with Gasteiger partial charge in [-0.05, 0) is 101 Å². The highest BCUT2D eigenvalue weighted by atomic mass is 16.3. The van der Waals surface area contributed by atoms with Gasteiger partial charge in [-0.1, -0.05) is 50.1 Å². The Labute approximate surface area is 162 Å². The van der Waals surface area contributed by atoms with E-state index in [4.69, 9.17) is 0 Å². The Morgan fingerprint density at radius 3 is 2.38 bits per heavy atom. The SMILES string of the molecule is C/C1=C\C[C@]2(C)CC[C@@H](C(C)C)C2C/C=C(\C)[C@@H](O)CC/C(C)=C/CC1. The van der Waals surface area contributed by atoms with Crippen molar-refractivity contribution in [2.45, 2.75) is 99.0 Å². The normalized spacial score (nSPS) is 41.1. The van der Waals surface area contributed by atoms with Gasteiger partial charge in [0.2, 0.25) is 0 Å². The third-order valence-corrected chi connectivity index (χ3v) is 7.30. The van der Waals surface area contributed by atoms with Gasteiger partial charge in [0.15, 0.2) is 0 Å². The fourth-order valence-corrected chi connectivity index (χ4v) is 5.11. The molecule has 0 aromatic carbocycles. The topological polar surface area (TPSA) is 20.2 Å². The molecule has 0 spiro atoms. The van der Waals surface area contributed by atoms with Crippen LogP contribution < -0.4 is 0 Å². The van der Waals surface area contributed by atoms with Crippen molar-refractivity contribution in [3.63, 3.8) is 0 Å². The molecule has 0 aliphatic heterocycles. The van der Waals surface area contributed by atoms with Crippen molar-refractivity contribution in [2.75, 3.05) is 0 Å². The van der Waals surface area contributed by atoms with Gasteiger partial charge in [-0.2, -0.15) is 0 Å². The maximum absolute atomic E-state index is 10.6.